The molecule has 4 rings (SSSR count). The molecular weight excluding hydrogens is 394 g/mol. The van der Waals surface area contributed by atoms with Crippen molar-refractivity contribution in [2.75, 3.05) is 13.2 Å². The number of hydrogen-bond acceptors (Lipinski definition) is 6. The Balaban J connectivity index is 1.71. The zero-order valence-corrected chi connectivity index (χ0v) is 18.0. The van der Waals surface area contributed by atoms with E-state index in [4.69, 9.17) is 4.74 Å². The zero-order valence-electron chi connectivity index (χ0n) is 17.2. The second kappa shape index (κ2) is 9.23. The monoisotopic (exact) mass is 419 g/mol. The van der Waals surface area contributed by atoms with Gasteiger partial charge in [0.05, 0.1) is 12.3 Å². The number of fused-ring (bicyclic) bond motifs is 1. The second-order valence-electron chi connectivity index (χ2n) is 7.17. The predicted molar refractivity (Wildman–Crippen MR) is 120 cm³/mol. The van der Waals surface area contributed by atoms with E-state index in [1.165, 1.54) is 6.42 Å². The lowest BCUT2D eigenvalue weighted by molar-refractivity contribution is 0.340. The van der Waals surface area contributed by atoms with Gasteiger partial charge in [-0.05, 0) is 49.6 Å². The van der Waals surface area contributed by atoms with Crippen molar-refractivity contribution in [3.8, 4) is 11.8 Å². The Morgan fingerprint density at radius 1 is 1.27 bits per heavy atom. The van der Waals surface area contributed by atoms with Crippen LogP contribution in [0.4, 0.5) is 0 Å². The van der Waals surface area contributed by atoms with Crippen LogP contribution < -0.4 is 4.74 Å². The van der Waals surface area contributed by atoms with Gasteiger partial charge >= 0.3 is 0 Å². The summed E-state index contributed by atoms with van der Waals surface area (Å²) in [6.45, 7) is 8.00. The molecule has 2 aromatic rings. The minimum Gasteiger partial charge on any atom is -0.494 e. The average molecular weight is 420 g/mol. The highest BCUT2D eigenvalue weighted by atomic mass is 32.2. The third-order valence-corrected chi connectivity index (χ3v) is 6.24. The molecule has 7 heteroatoms. The highest BCUT2D eigenvalue weighted by molar-refractivity contribution is 8.06. The van der Waals surface area contributed by atoms with Gasteiger partial charge in [-0.15, -0.1) is 16.8 Å². The predicted octanol–water partition coefficient (Wildman–Crippen LogP) is 4.83. The molecule has 0 amide bonds. The lowest BCUT2D eigenvalue weighted by atomic mass is 10.1. The lowest BCUT2D eigenvalue weighted by Gasteiger charge is -2.23. The van der Waals surface area contributed by atoms with E-state index < -0.39 is 0 Å². The Labute approximate surface area is 181 Å². The van der Waals surface area contributed by atoms with Gasteiger partial charge in [-0.1, -0.05) is 24.3 Å². The van der Waals surface area contributed by atoms with E-state index in [1.54, 1.807) is 11.8 Å². The summed E-state index contributed by atoms with van der Waals surface area (Å²) in [4.78, 5) is 2.13. The van der Waals surface area contributed by atoms with Crippen molar-refractivity contribution in [1.82, 2.24) is 19.7 Å². The molecule has 0 unspecified atom stereocenters. The van der Waals surface area contributed by atoms with E-state index in [1.807, 2.05) is 37.3 Å². The maximum atomic E-state index is 10.1. The number of aromatic nitrogens is 3. The summed E-state index contributed by atoms with van der Waals surface area (Å²) in [5.41, 5.74) is 2.68. The molecule has 0 atom stereocenters. The van der Waals surface area contributed by atoms with Crippen LogP contribution >= 0.6 is 11.8 Å². The molecule has 1 aromatic carbocycles. The lowest BCUT2D eigenvalue weighted by Crippen LogP contribution is -2.18. The van der Waals surface area contributed by atoms with Gasteiger partial charge in [0.2, 0.25) is 0 Å². The summed E-state index contributed by atoms with van der Waals surface area (Å²) < 4.78 is 7.69. The molecule has 3 heterocycles. The van der Waals surface area contributed by atoms with Gasteiger partial charge in [0, 0.05) is 24.9 Å². The highest BCUT2D eigenvalue weighted by Crippen LogP contribution is 2.43. The number of thioether (sulfide) groups is 1. The molecule has 154 valence electrons. The summed E-state index contributed by atoms with van der Waals surface area (Å²) in [5.74, 6) is 2.50. The van der Waals surface area contributed by atoms with Crippen molar-refractivity contribution in [3.63, 3.8) is 0 Å². The number of ether oxygens (including phenoxy) is 1. The van der Waals surface area contributed by atoms with E-state index in [9.17, 15) is 5.26 Å². The number of rotatable bonds is 6. The standard InChI is InChI=1S/C23H25N5OS/c1-3-13-27-20(17-9-11-18(12-10-17)29-4-2)16-30-23(27)19(15-24)22-26-25-21-8-6-5-7-14-28(21)22/h3,9-12,16H,1,4-8,13-14H2,2H3/b23-19-. The molecule has 0 radical (unpaired) electrons. The number of allylic oxidation sites excluding steroid dienone is 1. The Hall–Kier alpha value is -2.98. The molecule has 0 aliphatic carbocycles. The third kappa shape index (κ3) is 3.88. The smallest absolute Gasteiger partial charge is 0.177 e. The summed E-state index contributed by atoms with van der Waals surface area (Å²) in [5, 5.41) is 21.8. The van der Waals surface area contributed by atoms with Crippen LogP contribution in [0.25, 0.3) is 11.3 Å². The molecule has 0 spiro atoms. The van der Waals surface area contributed by atoms with Crippen molar-refractivity contribution in [2.24, 2.45) is 0 Å². The molecular formula is C23H25N5OS. The number of nitrogens with zero attached hydrogens (tertiary/aromatic N) is 5. The van der Waals surface area contributed by atoms with E-state index in [0.717, 1.165) is 53.7 Å². The van der Waals surface area contributed by atoms with Gasteiger partial charge in [0.25, 0.3) is 0 Å². The van der Waals surface area contributed by atoms with Crippen LogP contribution in [0.5, 0.6) is 5.75 Å². The van der Waals surface area contributed by atoms with Crippen LogP contribution in [0.1, 0.15) is 43.4 Å². The van der Waals surface area contributed by atoms with Gasteiger partial charge in [0.15, 0.2) is 5.82 Å². The molecule has 0 saturated heterocycles. The van der Waals surface area contributed by atoms with Crippen LogP contribution in [0, 0.1) is 11.3 Å². The molecule has 0 saturated carbocycles. The normalized spacial score (nSPS) is 17.6. The first-order valence-electron chi connectivity index (χ1n) is 10.3. The number of hydrogen-bond donors (Lipinski definition) is 0. The van der Waals surface area contributed by atoms with Gasteiger partial charge in [0.1, 0.15) is 28.2 Å². The summed E-state index contributed by atoms with van der Waals surface area (Å²) >= 11 is 1.56. The molecule has 1 aromatic heterocycles. The Bertz CT molecular complexity index is 1030. The van der Waals surface area contributed by atoms with Crippen LogP contribution in [-0.2, 0) is 13.0 Å². The summed E-state index contributed by atoms with van der Waals surface area (Å²) in [6, 6.07) is 10.5. The Morgan fingerprint density at radius 3 is 2.83 bits per heavy atom. The third-order valence-electron chi connectivity index (χ3n) is 5.25. The molecule has 30 heavy (non-hydrogen) atoms. The van der Waals surface area contributed by atoms with Gasteiger partial charge < -0.3 is 14.2 Å². The molecule has 6 nitrogen and oxygen atoms in total. The van der Waals surface area contributed by atoms with E-state index in [2.05, 4.69) is 37.7 Å². The Morgan fingerprint density at radius 2 is 2.10 bits per heavy atom. The first kappa shape index (κ1) is 20.3. The largest absolute Gasteiger partial charge is 0.494 e. The maximum absolute atomic E-state index is 10.1. The summed E-state index contributed by atoms with van der Waals surface area (Å²) in [7, 11) is 0. The molecule has 2 aliphatic rings. The van der Waals surface area contributed by atoms with Crippen molar-refractivity contribution >= 4 is 23.0 Å². The second-order valence-corrected chi connectivity index (χ2v) is 8.03. The first-order valence-corrected chi connectivity index (χ1v) is 11.2. The Kier molecular flexibility index (Phi) is 6.24. The number of aryl methyl sites for hydroxylation is 1. The van der Waals surface area contributed by atoms with Gasteiger partial charge in [-0.25, -0.2) is 0 Å². The first-order chi connectivity index (χ1) is 14.8. The van der Waals surface area contributed by atoms with Crippen LogP contribution in [0.3, 0.4) is 0 Å². The molecule has 0 bridgehead atoms. The topological polar surface area (TPSA) is 67.0 Å². The summed E-state index contributed by atoms with van der Waals surface area (Å²) in [6.07, 6.45) is 6.17. The minimum atomic E-state index is 0.569. The number of nitriles is 1. The number of benzene rings is 1. The van der Waals surface area contributed by atoms with Crippen LogP contribution in [-0.4, -0.2) is 32.8 Å². The van der Waals surface area contributed by atoms with E-state index in [0.29, 0.717) is 24.5 Å². The maximum Gasteiger partial charge on any atom is 0.177 e. The van der Waals surface area contributed by atoms with Crippen molar-refractivity contribution in [1.29, 1.82) is 5.26 Å². The SMILES string of the molecule is C=CCN1C(c2ccc(OCC)cc2)=CS/C1=C(/C#N)c1nnc2n1CCCCC2. The van der Waals surface area contributed by atoms with E-state index in [-0.39, 0.29) is 0 Å². The van der Waals surface area contributed by atoms with Gasteiger partial charge in [-0.2, -0.15) is 5.26 Å². The minimum absolute atomic E-state index is 0.569. The fourth-order valence-corrected chi connectivity index (χ4v) is 4.87. The van der Waals surface area contributed by atoms with Crippen molar-refractivity contribution < 1.29 is 4.74 Å². The van der Waals surface area contributed by atoms with Gasteiger partial charge in [-0.3, -0.25) is 0 Å². The zero-order chi connectivity index (χ0) is 20.9. The van der Waals surface area contributed by atoms with Crippen LogP contribution in [0.2, 0.25) is 0 Å². The fourth-order valence-electron chi connectivity index (χ4n) is 3.83. The average Bonchev–Trinajstić information content (AvgIpc) is 3.27. The van der Waals surface area contributed by atoms with E-state index >= 15 is 0 Å². The van der Waals surface area contributed by atoms with Crippen LogP contribution in [0.15, 0.2) is 47.4 Å². The van der Waals surface area contributed by atoms with Crippen molar-refractivity contribution in [2.45, 2.75) is 39.2 Å². The molecule has 2 aliphatic heterocycles. The highest BCUT2D eigenvalue weighted by Gasteiger charge is 2.29. The fraction of sp³-hybridized carbons (Fsp3) is 0.348. The molecule has 0 fully saturated rings. The van der Waals surface area contributed by atoms with Crippen molar-refractivity contribution in [3.05, 3.63) is 64.6 Å². The molecule has 0 N–H and O–H groups in total. The quantitative estimate of drug-likeness (QED) is 0.494.